The first kappa shape index (κ1) is 5.82. The first-order valence-electron chi connectivity index (χ1n) is 2.63. The highest BCUT2D eigenvalue weighted by Gasteiger charge is 2.21. The van der Waals surface area contributed by atoms with E-state index in [4.69, 9.17) is 0 Å². The van der Waals surface area contributed by atoms with Crippen molar-refractivity contribution in [2.75, 3.05) is 6.61 Å². The Labute approximate surface area is 51.6 Å². The van der Waals surface area contributed by atoms with Crippen LogP contribution in [0.5, 0.6) is 0 Å². The minimum atomic E-state index is -0.0618. The van der Waals surface area contributed by atoms with Crippen molar-refractivity contribution >= 4 is 16.2 Å². The molecule has 1 fully saturated rings. The SMILES string of the molecule is O=C1CC(C[Si])CO1. The molecule has 0 aromatic rings. The molecule has 0 N–H and O–H groups in total. The minimum Gasteiger partial charge on any atom is -0.465 e. The predicted octanol–water partition coefficient (Wildman–Crippen LogP) is 0.136. The Bertz CT molecular complexity index is 103. The third kappa shape index (κ3) is 1.09. The van der Waals surface area contributed by atoms with Crippen LogP contribution in [-0.4, -0.2) is 22.8 Å². The number of hydrogen-bond acceptors (Lipinski definition) is 2. The van der Waals surface area contributed by atoms with Crippen LogP contribution < -0.4 is 0 Å². The Morgan fingerprint density at radius 1 is 1.88 bits per heavy atom. The summed E-state index contributed by atoms with van der Waals surface area (Å²) in [6, 6.07) is 0.867. The average molecular weight is 127 g/mol. The van der Waals surface area contributed by atoms with E-state index in [0.717, 1.165) is 6.04 Å². The van der Waals surface area contributed by atoms with Gasteiger partial charge < -0.3 is 4.74 Å². The van der Waals surface area contributed by atoms with Crippen molar-refractivity contribution in [3.05, 3.63) is 0 Å². The average Bonchev–Trinajstić information content (AvgIpc) is 2.14. The molecular weight excluding hydrogens is 120 g/mol. The summed E-state index contributed by atoms with van der Waals surface area (Å²) in [7, 11) is 3.32. The summed E-state index contributed by atoms with van der Waals surface area (Å²) in [5.74, 6) is 0.354. The summed E-state index contributed by atoms with van der Waals surface area (Å²) in [6.07, 6.45) is 0.587. The van der Waals surface area contributed by atoms with Gasteiger partial charge in [-0.15, -0.1) is 0 Å². The van der Waals surface area contributed by atoms with E-state index < -0.39 is 0 Å². The zero-order valence-electron chi connectivity index (χ0n) is 4.52. The summed E-state index contributed by atoms with van der Waals surface area (Å²) >= 11 is 0. The Balaban J connectivity index is 2.32. The highest BCUT2D eigenvalue weighted by molar-refractivity contribution is 6.08. The predicted molar refractivity (Wildman–Crippen MR) is 29.6 cm³/mol. The van der Waals surface area contributed by atoms with Crippen LogP contribution in [0.1, 0.15) is 6.42 Å². The molecule has 1 aliphatic heterocycles. The second-order valence-electron chi connectivity index (χ2n) is 1.96. The molecule has 1 unspecified atom stereocenters. The van der Waals surface area contributed by atoms with Crippen molar-refractivity contribution in [2.24, 2.45) is 5.92 Å². The number of esters is 1. The monoisotopic (exact) mass is 127 g/mol. The van der Waals surface area contributed by atoms with E-state index in [2.05, 4.69) is 15.0 Å². The van der Waals surface area contributed by atoms with E-state index in [0.29, 0.717) is 18.9 Å². The fourth-order valence-electron chi connectivity index (χ4n) is 0.695. The number of hydrogen-bond donors (Lipinski definition) is 0. The highest BCUT2D eigenvalue weighted by Crippen LogP contribution is 2.15. The number of carbonyl (C=O) groups excluding carboxylic acids is 1. The highest BCUT2D eigenvalue weighted by atomic mass is 28.1. The van der Waals surface area contributed by atoms with E-state index >= 15 is 0 Å². The number of cyclic esters (lactones) is 1. The molecule has 3 radical (unpaired) electrons. The molecule has 0 amide bonds. The van der Waals surface area contributed by atoms with Gasteiger partial charge in [0.05, 0.1) is 13.0 Å². The van der Waals surface area contributed by atoms with Crippen LogP contribution in [0.4, 0.5) is 0 Å². The molecule has 0 aromatic heterocycles. The molecule has 0 spiro atoms. The molecule has 1 rings (SSSR count). The maximum Gasteiger partial charge on any atom is 0.306 e. The normalized spacial score (nSPS) is 28.1. The van der Waals surface area contributed by atoms with Crippen molar-refractivity contribution in [2.45, 2.75) is 12.5 Å². The lowest BCUT2D eigenvalue weighted by Crippen LogP contribution is -1.96. The van der Waals surface area contributed by atoms with Gasteiger partial charge in [-0.2, -0.15) is 0 Å². The second-order valence-corrected chi connectivity index (χ2v) is 2.37. The van der Waals surface area contributed by atoms with Crippen molar-refractivity contribution in [1.29, 1.82) is 0 Å². The third-order valence-electron chi connectivity index (χ3n) is 1.22. The summed E-state index contributed by atoms with van der Waals surface area (Å²) in [6.45, 7) is 0.600. The third-order valence-corrected chi connectivity index (χ3v) is 1.80. The molecule has 0 bridgehead atoms. The maximum absolute atomic E-state index is 10.4. The molecule has 1 aliphatic rings. The number of ether oxygens (including phenoxy) is 1. The molecule has 1 atom stereocenters. The summed E-state index contributed by atoms with van der Waals surface area (Å²) in [5, 5.41) is 0. The standard InChI is InChI=1S/C5H7O2Si/c6-5-1-4(3-8)2-7-5/h4H,1-3H2. The van der Waals surface area contributed by atoms with Crippen LogP contribution in [0, 0.1) is 5.92 Å². The van der Waals surface area contributed by atoms with Gasteiger partial charge in [0.2, 0.25) is 0 Å². The van der Waals surface area contributed by atoms with Crippen molar-refractivity contribution in [3.8, 4) is 0 Å². The van der Waals surface area contributed by atoms with Gasteiger partial charge in [-0.25, -0.2) is 0 Å². The Morgan fingerprint density at radius 3 is 2.88 bits per heavy atom. The smallest absolute Gasteiger partial charge is 0.306 e. The zero-order valence-corrected chi connectivity index (χ0v) is 5.52. The number of carbonyl (C=O) groups is 1. The zero-order chi connectivity index (χ0) is 5.98. The van der Waals surface area contributed by atoms with Crippen LogP contribution >= 0.6 is 0 Å². The van der Waals surface area contributed by atoms with Crippen molar-refractivity contribution in [1.82, 2.24) is 0 Å². The van der Waals surface area contributed by atoms with Gasteiger partial charge >= 0.3 is 5.97 Å². The quantitative estimate of drug-likeness (QED) is 0.370. The van der Waals surface area contributed by atoms with Gasteiger partial charge in [-0.1, -0.05) is 6.04 Å². The Morgan fingerprint density at radius 2 is 2.62 bits per heavy atom. The van der Waals surface area contributed by atoms with Gasteiger partial charge in [0.1, 0.15) is 0 Å². The van der Waals surface area contributed by atoms with E-state index in [1.165, 1.54) is 0 Å². The van der Waals surface area contributed by atoms with Crippen LogP contribution in [0.2, 0.25) is 6.04 Å². The maximum atomic E-state index is 10.4. The lowest BCUT2D eigenvalue weighted by Gasteiger charge is -1.95. The first-order valence-corrected chi connectivity index (χ1v) is 3.34. The van der Waals surface area contributed by atoms with E-state index in [1.807, 2.05) is 0 Å². The van der Waals surface area contributed by atoms with Gasteiger partial charge in [-0.3, -0.25) is 4.79 Å². The van der Waals surface area contributed by atoms with Gasteiger partial charge in [0, 0.05) is 16.2 Å². The number of rotatable bonds is 1. The molecule has 43 valence electrons. The Hall–Kier alpha value is -0.313. The first-order chi connectivity index (χ1) is 3.83. The molecule has 3 heteroatoms. The fourth-order valence-corrected chi connectivity index (χ4v) is 0.958. The van der Waals surface area contributed by atoms with Crippen LogP contribution in [0.25, 0.3) is 0 Å². The fraction of sp³-hybridized carbons (Fsp3) is 0.800. The summed E-state index contributed by atoms with van der Waals surface area (Å²) in [5.41, 5.74) is 0. The topological polar surface area (TPSA) is 26.3 Å². The largest absolute Gasteiger partial charge is 0.465 e. The van der Waals surface area contributed by atoms with Crippen molar-refractivity contribution < 1.29 is 9.53 Å². The Kier molecular flexibility index (Phi) is 1.68. The molecular formula is C5H7O2Si. The van der Waals surface area contributed by atoms with E-state index in [-0.39, 0.29) is 5.97 Å². The minimum absolute atomic E-state index is 0.0618. The second kappa shape index (κ2) is 2.30. The van der Waals surface area contributed by atoms with Gasteiger partial charge in [0.25, 0.3) is 0 Å². The molecule has 0 saturated carbocycles. The van der Waals surface area contributed by atoms with Gasteiger partial charge in [0.15, 0.2) is 0 Å². The van der Waals surface area contributed by atoms with E-state index in [9.17, 15) is 4.79 Å². The van der Waals surface area contributed by atoms with Gasteiger partial charge in [-0.05, 0) is 0 Å². The van der Waals surface area contributed by atoms with Crippen LogP contribution in [0.3, 0.4) is 0 Å². The molecule has 1 heterocycles. The molecule has 0 aromatic carbocycles. The molecule has 2 nitrogen and oxygen atoms in total. The van der Waals surface area contributed by atoms with Crippen LogP contribution in [-0.2, 0) is 9.53 Å². The summed E-state index contributed by atoms with van der Waals surface area (Å²) < 4.78 is 4.69. The lowest BCUT2D eigenvalue weighted by molar-refractivity contribution is -0.137. The molecule has 1 saturated heterocycles. The molecule has 8 heavy (non-hydrogen) atoms. The van der Waals surface area contributed by atoms with Crippen molar-refractivity contribution in [3.63, 3.8) is 0 Å². The molecule has 0 aliphatic carbocycles. The van der Waals surface area contributed by atoms with E-state index in [1.54, 1.807) is 0 Å². The lowest BCUT2D eigenvalue weighted by atomic mass is 10.1. The van der Waals surface area contributed by atoms with Crippen LogP contribution in [0.15, 0.2) is 0 Å². The summed E-state index contributed by atoms with van der Waals surface area (Å²) in [4.78, 5) is 10.4.